The van der Waals surface area contributed by atoms with Crippen molar-refractivity contribution in [3.63, 3.8) is 0 Å². The maximum Gasteiger partial charge on any atom is 0.168 e. The van der Waals surface area contributed by atoms with Gasteiger partial charge in [0, 0.05) is 12.8 Å². The predicted molar refractivity (Wildman–Crippen MR) is 98.4 cm³/mol. The molecule has 1 spiro atoms. The van der Waals surface area contributed by atoms with E-state index in [-0.39, 0.29) is 22.7 Å². The zero-order valence-electron chi connectivity index (χ0n) is 16.7. The van der Waals surface area contributed by atoms with Crippen LogP contribution in [0.4, 0.5) is 0 Å². The van der Waals surface area contributed by atoms with Crippen molar-refractivity contribution in [2.45, 2.75) is 89.6 Å². The summed E-state index contributed by atoms with van der Waals surface area (Å²) in [5.74, 6) is 1.50. The van der Waals surface area contributed by atoms with Crippen LogP contribution in [0.3, 0.4) is 0 Å². The molecular formula is C22H36O4. The van der Waals surface area contributed by atoms with Crippen molar-refractivity contribution in [3.8, 4) is 0 Å². The Balaban J connectivity index is 1.46. The van der Waals surface area contributed by atoms with Crippen LogP contribution in [0.1, 0.15) is 72.1 Å². The Hall–Kier alpha value is -0.160. The van der Waals surface area contributed by atoms with Crippen LogP contribution in [0, 0.1) is 34.5 Å². The van der Waals surface area contributed by atoms with E-state index in [4.69, 9.17) is 9.47 Å². The summed E-state index contributed by atoms with van der Waals surface area (Å²) >= 11 is 0. The minimum Gasteiger partial charge on any atom is -0.393 e. The molecular weight excluding hydrogens is 328 g/mol. The molecule has 1 aliphatic heterocycles. The fourth-order valence-corrected chi connectivity index (χ4v) is 8.17. The first kappa shape index (κ1) is 17.9. The molecule has 4 nitrogen and oxygen atoms in total. The molecule has 26 heavy (non-hydrogen) atoms. The molecule has 148 valence electrons. The Labute approximate surface area is 157 Å². The van der Waals surface area contributed by atoms with Crippen LogP contribution >= 0.6 is 0 Å². The maximum absolute atomic E-state index is 11.3. The van der Waals surface area contributed by atoms with Crippen molar-refractivity contribution in [3.05, 3.63) is 0 Å². The zero-order valence-corrected chi connectivity index (χ0v) is 16.7. The van der Waals surface area contributed by atoms with E-state index in [1.807, 2.05) is 6.92 Å². The molecule has 0 aromatic rings. The molecule has 2 N–H and O–H groups in total. The van der Waals surface area contributed by atoms with Gasteiger partial charge in [0.1, 0.15) is 0 Å². The number of ether oxygens (including phenoxy) is 2. The molecule has 5 rings (SSSR count). The summed E-state index contributed by atoms with van der Waals surface area (Å²) < 4.78 is 12.0. The van der Waals surface area contributed by atoms with E-state index >= 15 is 0 Å². The van der Waals surface area contributed by atoms with Gasteiger partial charge in [0.15, 0.2) is 5.79 Å². The number of aliphatic hydroxyl groups excluding tert-OH is 1. The van der Waals surface area contributed by atoms with Gasteiger partial charge in [0.2, 0.25) is 0 Å². The molecule has 0 aromatic heterocycles. The van der Waals surface area contributed by atoms with Gasteiger partial charge in [-0.3, -0.25) is 0 Å². The fraction of sp³-hybridized carbons (Fsp3) is 1.00. The number of hydrogen-bond acceptors (Lipinski definition) is 4. The van der Waals surface area contributed by atoms with Crippen molar-refractivity contribution >= 4 is 0 Å². The Morgan fingerprint density at radius 3 is 2.31 bits per heavy atom. The monoisotopic (exact) mass is 364 g/mol. The molecule has 0 amide bonds. The van der Waals surface area contributed by atoms with Crippen molar-refractivity contribution < 1.29 is 19.7 Å². The third kappa shape index (κ3) is 2.16. The molecule has 4 aliphatic carbocycles. The summed E-state index contributed by atoms with van der Waals surface area (Å²) in [5, 5.41) is 22.3. The molecule has 0 unspecified atom stereocenters. The van der Waals surface area contributed by atoms with Crippen LogP contribution in [0.15, 0.2) is 0 Å². The van der Waals surface area contributed by atoms with Crippen molar-refractivity contribution in [2.75, 3.05) is 13.2 Å². The van der Waals surface area contributed by atoms with E-state index in [9.17, 15) is 10.2 Å². The molecule has 5 fully saturated rings. The number of rotatable bonds is 0. The van der Waals surface area contributed by atoms with Crippen molar-refractivity contribution in [1.82, 2.24) is 0 Å². The van der Waals surface area contributed by atoms with Crippen LogP contribution in [-0.4, -0.2) is 40.9 Å². The second-order valence-electron chi connectivity index (χ2n) is 10.9. The smallest absolute Gasteiger partial charge is 0.168 e. The first-order valence-corrected chi connectivity index (χ1v) is 10.9. The summed E-state index contributed by atoms with van der Waals surface area (Å²) in [4.78, 5) is 0. The highest BCUT2D eigenvalue weighted by Crippen LogP contribution is 2.69. The minimum absolute atomic E-state index is 0.0358. The molecule has 0 bridgehead atoms. The highest BCUT2D eigenvalue weighted by Gasteiger charge is 2.66. The van der Waals surface area contributed by atoms with Crippen LogP contribution < -0.4 is 0 Å². The Morgan fingerprint density at radius 2 is 1.58 bits per heavy atom. The van der Waals surface area contributed by atoms with Gasteiger partial charge in [-0.25, -0.2) is 0 Å². The van der Waals surface area contributed by atoms with Crippen molar-refractivity contribution in [2.24, 2.45) is 34.5 Å². The number of fused-ring (bicyclic) bond motifs is 5. The number of aliphatic hydroxyl groups is 2. The van der Waals surface area contributed by atoms with Crippen LogP contribution in [0.2, 0.25) is 0 Å². The molecule has 0 radical (unpaired) electrons. The van der Waals surface area contributed by atoms with Gasteiger partial charge in [-0.05, 0) is 80.0 Å². The summed E-state index contributed by atoms with van der Waals surface area (Å²) in [6, 6.07) is 0. The molecule has 8 atom stereocenters. The van der Waals surface area contributed by atoms with Crippen LogP contribution in [0.5, 0.6) is 0 Å². The lowest BCUT2D eigenvalue weighted by Gasteiger charge is -2.63. The largest absolute Gasteiger partial charge is 0.393 e. The van der Waals surface area contributed by atoms with Gasteiger partial charge >= 0.3 is 0 Å². The summed E-state index contributed by atoms with van der Waals surface area (Å²) in [7, 11) is 0. The lowest BCUT2D eigenvalue weighted by atomic mass is 9.43. The predicted octanol–water partition coefficient (Wildman–Crippen LogP) is 3.49. The lowest BCUT2D eigenvalue weighted by Crippen LogP contribution is -2.61. The minimum atomic E-state index is -0.581. The number of hydrogen-bond donors (Lipinski definition) is 2. The Bertz CT molecular complexity index is 583. The SMILES string of the molecule is C[C@]12CCC3(C[C@@H]1C[C@H](O)[C@@H]1[C@@H]2CC[C@@]2(C)[C@H]1CC[C@]2(C)O)OCCO3. The van der Waals surface area contributed by atoms with Crippen LogP contribution in [0.25, 0.3) is 0 Å². The maximum atomic E-state index is 11.3. The second kappa shape index (κ2) is 5.46. The average Bonchev–Trinajstić information content (AvgIpc) is 3.13. The van der Waals surface area contributed by atoms with Gasteiger partial charge in [-0.15, -0.1) is 0 Å². The van der Waals surface area contributed by atoms with E-state index < -0.39 is 5.60 Å². The first-order chi connectivity index (χ1) is 12.2. The Kier molecular flexibility index (Phi) is 3.76. The van der Waals surface area contributed by atoms with Gasteiger partial charge in [-0.2, -0.15) is 0 Å². The van der Waals surface area contributed by atoms with Gasteiger partial charge in [0.25, 0.3) is 0 Å². The van der Waals surface area contributed by atoms with E-state index in [0.29, 0.717) is 36.9 Å². The zero-order chi connectivity index (χ0) is 18.4. The van der Waals surface area contributed by atoms with E-state index in [1.54, 1.807) is 0 Å². The van der Waals surface area contributed by atoms with E-state index in [2.05, 4.69) is 13.8 Å². The summed E-state index contributed by atoms with van der Waals surface area (Å²) in [5.41, 5.74) is -0.339. The van der Waals surface area contributed by atoms with Gasteiger partial charge < -0.3 is 19.7 Å². The third-order valence-electron chi connectivity index (χ3n) is 10.1. The average molecular weight is 365 g/mol. The molecule has 0 aromatic carbocycles. The highest BCUT2D eigenvalue weighted by molar-refractivity contribution is 5.15. The molecule has 1 heterocycles. The highest BCUT2D eigenvalue weighted by atomic mass is 16.7. The summed E-state index contributed by atoms with van der Waals surface area (Å²) in [6.07, 6.45) is 7.92. The summed E-state index contributed by atoms with van der Waals surface area (Å²) in [6.45, 7) is 8.24. The topological polar surface area (TPSA) is 58.9 Å². The van der Waals surface area contributed by atoms with Gasteiger partial charge in [0.05, 0.1) is 24.9 Å². The van der Waals surface area contributed by atoms with Crippen molar-refractivity contribution in [1.29, 1.82) is 0 Å². The normalized spacial score (nSPS) is 58.3. The molecule has 5 aliphatic rings. The van der Waals surface area contributed by atoms with Crippen LogP contribution in [-0.2, 0) is 9.47 Å². The molecule has 4 heteroatoms. The van der Waals surface area contributed by atoms with Gasteiger partial charge in [-0.1, -0.05) is 13.8 Å². The van der Waals surface area contributed by atoms with E-state index in [1.165, 1.54) is 0 Å². The Morgan fingerprint density at radius 1 is 0.885 bits per heavy atom. The second-order valence-corrected chi connectivity index (χ2v) is 10.9. The lowest BCUT2D eigenvalue weighted by molar-refractivity contribution is -0.245. The standard InChI is InChI=1S/C22H36O4/c1-19-8-9-22(25-10-11-26-22)13-14(19)12-17(23)18-15(19)4-6-20(2)16(18)5-7-21(20,3)24/h14-18,23-24H,4-13H2,1-3H3/t14-,15-,16-,17-,18+,19-,20-,21-/m0/s1. The molecule has 1 saturated heterocycles. The quantitative estimate of drug-likeness (QED) is 0.691. The fourth-order valence-electron chi connectivity index (χ4n) is 8.17. The third-order valence-corrected chi connectivity index (χ3v) is 10.1. The first-order valence-electron chi connectivity index (χ1n) is 10.9. The van der Waals surface area contributed by atoms with E-state index in [0.717, 1.165) is 51.4 Å². The molecule has 4 saturated carbocycles.